The maximum atomic E-state index is 9.91. The summed E-state index contributed by atoms with van der Waals surface area (Å²) in [4.78, 5) is 29.7. The predicted octanol–water partition coefficient (Wildman–Crippen LogP) is 0.750. The number of carbonyl (C=O) groups is 3. The molecule has 0 amide bonds. The number of aliphatic carboxylic acids is 3. The minimum Gasteiger partial charge on any atom is -0.550 e. The van der Waals surface area contributed by atoms with Gasteiger partial charge in [-0.2, -0.15) is 18.2 Å². The van der Waals surface area contributed by atoms with Crippen LogP contribution in [0.25, 0.3) is 0 Å². The Labute approximate surface area is 182 Å². The quantitative estimate of drug-likeness (QED) is 0.528. The smallest absolute Gasteiger partial charge is 0.550 e. The molecule has 0 atom stereocenters. The SMILES string of the molecule is CC(C)(C)C(=O)[O-].CC(C)(C)C(=O)[O-].CC(C)(C)C(=O)[O-].[Zr+4].c1cc[cH-]c1. The fourth-order valence-electron chi connectivity index (χ4n) is 0.321. The van der Waals surface area contributed by atoms with Crippen molar-refractivity contribution < 1.29 is 55.9 Å². The zero-order valence-electron chi connectivity index (χ0n) is 17.8. The van der Waals surface area contributed by atoms with Crippen LogP contribution in [0.3, 0.4) is 0 Å². The van der Waals surface area contributed by atoms with Crippen molar-refractivity contribution in [3.63, 3.8) is 0 Å². The third-order valence-electron chi connectivity index (χ3n) is 2.39. The van der Waals surface area contributed by atoms with Crippen LogP contribution < -0.4 is 15.3 Å². The molecule has 0 aromatic heterocycles. The topological polar surface area (TPSA) is 120 Å². The van der Waals surface area contributed by atoms with Gasteiger partial charge in [-0.25, -0.2) is 12.1 Å². The van der Waals surface area contributed by atoms with Gasteiger partial charge in [0.15, 0.2) is 0 Å². The zero-order chi connectivity index (χ0) is 21.8. The first-order valence-corrected chi connectivity index (χ1v) is 8.14. The van der Waals surface area contributed by atoms with Crippen molar-refractivity contribution in [3.05, 3.63) is 30.3 Å². The Bertz CT molecular complexity index is 440. The summed E-state index contributed by atoms with van der Waals surface area (Å²) in [5.41, 5.74) is -2.08. The summed E-state index contributed by atoms with van der Waals surface area (Å²) in [5.74, 6) is -3.02. The third-order valence-corrected chi connectivity index (χ3v) is 2.39. The summed E-state index contributed by atoms with van der Waals surface area (Å²) >= 11 is 0. The number of hydrogen-bond donors (Lipinski definition) is 0. The molecule has 0 bridgehead atoms. The van der Waals surface area contributed by atoms with Crippen LogP contribution in [-0.4, -0.2) is 17.9 Å². The second-order valence-corrected chi connectivity index (χ2v) is 8.57. The molecule has 0 spiro atoms. The molecule has 0 N–H and O–H groups in total. The van der Waals surface area contributed by atoms with E-state index in [0.29, 0.717) is 0 Å². The van der Waals surface area contributed by atoms with Crippen molar-refractivity contribution in [2.45, 2.75) is 62.3 Å². The van der Waals surface area contributed by atoms with Crippen LogP contribution in [-0.2, 0) is 40.6 Å². The molecule has 0 radical (unpaired) electrons. The number of hydrogen-bond acceptors (Lipinski definition) is 6. The molecule has 152 valence electrons. The number of carbonyl (C=O) groups excluding carboxylic acids is 3. The van der Waals surface area contributed by atoms with Crippen molar-refractivity contribution in [1.29, 1.82) is 0 Å². The van der Waals surface area contributed by atoms with Crippen LogP contribution in [0.5, 0.6) is 0 Å². The van der Waals surface area contributed by atoms with Gasteiger partial charge in [0, 0.05) is 34.2 Å². The zero-order valence-corrected chi connectivity index (χ0v) is 20.3. The molecule has 0 aliphatic heterocycles. The van der Waals surface area contributed by atoms with Crippen LogP contribution in [0.15, 0.2) is 30.3 Å². The molecule has 27 heavy (non-hydrogen) atoms. The first kappa shape index (κ1) is 33.2. The standard InChI is InChI=1S/3C5H10O2.C5H5.Zr/c3*1-5(2,3)4(6)7;1-2-4-5-3-1;/h3*1-3H3,(H,6,7);1-5H;/q;;;-1;+4/p-3. The summed E-state index contributed by atoms with van der Waals surface area (Å²) in [6.45, 7) is 14.4. The summed E-state index contributed by atoms with van der Waals surface area (Å²) in [5, 5.41) is 29.7. The van der Waals surface area contributed by atoms with Crippen LogP contribution in [0.1, 0.15) is 62.3 Å². The van der Waals surface area contributed by atoms with E-state index in [0.717, 1.165) is 0 Å². The molecule has 6 nitrogen and oxygen atoms in total. The Morgan fingerprint density at radius 3 is 0.778 bits per heavy atom. The minimum absolute atomic E-state index is 0. The van der Waals surface area contributed by atoms with E-state index in [1.165, 1.54) is 0 Å². The maximum Gasteiger partial charge on any atom is 4.00 e. The summed E-state index contributed by atoms with van der Waals surface area (Å²) in [6.07, 6.45) is 0. The molecule has 0 saturated carbocycles. The average Bonchev–Trinajstić information content (AvgIpc) is 2.95. The van der Waals surface area contributed by atoms with Gasteiger partial charge in [0.1, 0.15) is 0 Å². The number of carboxylic acids is 3. The van der Waals surface area contributed by atoms with E-state index in [1.807, 2.05) is 30.3 Å². The minimum atomic E-state index is -1.01. The molecular weight excluding hydrogens is 427 g/mol. The largest absolute Gasteiger partial charge is 4.00 e. The average molecular weight is 460 g/mol. The van der Waals surface area contributed by atoms with Crippen molar-refractivity contribution in [3.8, 4) is 0 Å². The Kier molecular flexibility index (Phi) is 18.1. The van der Waals surface area contributed by atoms with E-state index >= 15 is 0 Å². The van der Waals surface area contributed by atoms with Crippen molar-refractivity contribution in [1.82, 2.24) is 0 Å². The van der Waals surface area contributed by atoms with Crippen LogP contribution >= 0.6 is 0 Å². The molecule has 0 unspecified atom stereocenters. The van der Waals surface area contributed by atoms with E-state index in [1.54, 1.807) is 62.3 Å². The van der Waals surface area contributed by atoms with Gasteiger partial charge in [0.05, 0.1) is 0 Å². The van der Waals surface area contributed by atoms with Crippen LogP contribution in [0, 0.1) is 16.2 Å². The molecule has 0 heterocycles. The van der Waals surface area contributed by atoms with Gasteiger partial charge < -0.3 is 29.7 Å². The van der Waals surface area contributed by atoms with Gasteiger partial charge in [-0.05, 0) is 0 Å². The number of rotatable bonds is 0. The summed E-state index contributed by atoms with van der Waals surface area (Å²) < 4.78 is 0. The van der Waals surface area contributed by atoms with Gasteiger partial charge in [0.2, 0.25) is 0 Å². The summed E-state index contributed by atoms with van der Waals surface area (Å²) in [6, 6.07) is 10.0. The van der Waals surface area contributed by atoms with E-state index in [9.17, 15) is 29.7 Å². The summed E-state index contributed by atoms with van der Waals surface area (Å²) in [7, 11) is 0. The van der Waals surface area contributed by atoms with Crippen molar-refractivity contribution >= 4 is 17.9 Å². The van der Waals surface area contributed by atoms with Crippen LogP contribution in [0.4, 0.5) is 0 Å². The predicted molar refractivity (Wildman–Crippen MR) is 95.4 cm³/mol. The molecule has 0 aliphatic rings. The Morgan fingerprint density at radius 1 is 0.593 bits per heavy atom. The van der Waals surface area contributed by atoms with Crippen LogP contribution in [0.2, 0.25) is 0 Å². The molecule has 0 saturated heterocycles. The molecular formula is C20H32O6Zr. The Morgan fingerprint density at radius 2 is 0.741 bits per heavy atom. The monoisotopic (exact) mass is 458 g/mol. The molecule has 1 aromatic rings. The molecule has 0 fully saturated rings. The first-order chi connectivity index (χ1) is 11.3. The molecule has 1 aromatic carbocycles. The normalized spacial score (nSPS) is 10.3. The Hall–Kier alpha value is -1.36. The van der Waals surface area contributed by atoms with E-state index in [-0.39, 0.29) is 26.2 Å². The fourth-order valence-corrected chi connectivity index (χ4v) is 0.321. The molecule has 0 aliphatic carbocycles. The third kappa shape index (κ3) is 27.0. The van der Waals surface area contributed by atoms with E-state index in [4.69, 9.17) is 0 Å². The first-order valence-electron chi connectivity index (χ1n) is 8.14. The molecule has 1 rings (SSSR count). The molecule has 7 heteroatoms. The van der Waals surface area contributed by atoms with Gasteiger partial charge >= 0.3 is 26.2 Å². The van der Waals surface area contributed by atoms with Gasteiger partial charge in [-0.15, -0.1) is 0 Å². The van der Waals surface area contributed by atoms with Gasteiger partial charge in [-0.3, -0.25) is 0 Å². The van der Waals surface area contributed by atoms with Gasteiger partial charge in [-0.1, -0.05) is 62.3 Å². The van der Waals surface area contributed by atoms with E-state index in [2.05, 4.69) is 0 Å². The maximum absolute atomic E-state index is 9.91. The van der Waals surface area contributed by atoms with Crippen molar-refractivity contribution in [2.75, 3.05) is 0 Å². The van der Waals surface area contributed by atoms with Gasteiger partial charge in [0.25, 0.3) is 0 Å². The second kappa shape index (κ2) is 14.7. The number of carboxylic acid groups (broad SMARTS) is 3. The van der Waals surface area contributed by atoms with E-state index < -0.39 is 34.2 Å². The fraction of sp³-hybridized carbons (Fsp3) is 0.600. The Balaban J connectivity index is -0.000000130. The second-order valence-electron chi connectivity index (χ2n) is 8.57. The van der Waals surface area contributed by atoms with Crippen molar-refractivity contribution in [2.24, 2.45) is 16.2 Å².